The van der Waals surface area contributed by atoms with E-state index in [1.54, 1.807) is 0 Å². The van der Waals surface area contributed by atoms with Crippen LogP contribution in [0.15, 0.2) is 27.3 Å². The second-order valence-corrected chi connectivity index (χ2v) is 13.6. The number of pyridine rings is 1. The van der Waals surface area contributed by atoms with E-state index in [9.17, 15) is 0 Å². The average molecular weight is 447 g/mol. The van der Waals surface area contributed by atoms with E-state index in [4.69, 9.17) is 4.74 Å². The summed E-state index contributed by atoms with van der Waals surface area (Å²) in [5.41, 5.74) is 2.65. The van der Waals surface area contributed by atoms with Crippen molar-refractivity contribution in [3.05, 3.63) is 33.0 Å². The maximum absolute atomic E-state index is 5.77. The van der Waals surface area contributed by atoms with Crippen molar-refractivity contribution < 1.29 is 4.74 Å². The Hall–Kier alpha value is -0.503. The number of hydrogen-bond acceptors (Lipinski definition) is 3. The van der Waals surface area contributed by atoms with Crippen LogP contribution in [-0.4, -0.2) is 29.4 Å². The van der Waals surface area contributed by atoms with E-state index in [2.05, 4.69) is 61.6 Å². The third-order valence-corrected chi connectivity index (χ3v) is 6.97. The van der Waals surface area contributed by atoms with Crippen LogP contribution in [0.5, 0.6) is 0 Å². The van der Waals surface area contributed by atoms with Crippen molar-refractivity contribution in [1.29, 1.82) is 0 Å². The van der Waals surface area contributed by atoms with Gasteiger partial charge in [0.25, 0.3) is 0 Å². The molecule has 0 radical (unpaired) electrons. The average Bonchev–Trinajstić information content (AvgIpc) is 2.71. The summed E-state index contributed by atoms with van der Waals surface area (Å²) in [6.45, 7) is 10.2. The summed E-state index contributed by atoms with van der Waals surface area (Å²) in [4.78, 5) is 4.53. The Labute approximate surface area is 149 Å². The van der Waals surface area contributed by atoms with E-state index < -0.39 is 8.07 Å². The Morgan fingerprint density at radius 3 is 2.59 bits per heavy atom. The van der Waals surface area contributed by atoms with Gasteiger partial charge in [-0.15, -0.1) is 0 Å². The molecule has 22 heavy (non-hydrogen) atoms. The number of aryl methyl sites for hydroxylation is 1. The van der Waals surface area contributed by atoms with Gasteiger partial charge in [0.15, 0.2) is 0 Å². The molecule has 2 rings (SSSR count). The highest BCUT2D eigenvalue weighted by Crippen LogP contribution is 2.33. The molecule has 0 atom stereocenters. The molecular weight excluding hydrogens is 426 g/mol. The van der Waals surface area contributed by atoms with Gasteiger partial charge in [-0.1, -0.05) is 25.7 Å². The molecule has 0 aliphatic carbocycles. The van der Waals surface area contributed by atoms with Crippen LogP contribution in [0.25, 0.3) is 11.4 Å². The predicted octanol–water partition coefficient (Wildman–Crippen LogP) is 5.09. The molecule has 0 amide bonds. The van der Waals surface area contributed by atoms with Crippen LogP contribution in [0, 0.1) is 6.92 Å². The van der Waals surface area contributed by atoms with Gasteiger partial charge in [0.05, 0.1) is 10.2 Å². The molecule has 0 aromatic carbocycles. The van der Waals surface area contributed by atoms with Gasteiger partial charge in [0, 0.05) is 20.4 Å². The molecule has 0 spiro atoms. The Balaban J connectivity index is 2.10. The van der Waals surface area contributed by atoms with Gasteiger partial charge in [-0.2, -0.15) is 5.10 Å². The molecule has 4 nitrogen and oxygen atoms in total. The zero-order valence-corrected chi connectivity index (χ0v) is 17.5. The highest BCUT2D eigenvalue weighted by molar-refractivity contribution is 9.13. The SMILES string of the molecule is Cc1cccc(-c2nn(COCC[Si](C)(C)C)c(Br)c2Br)n1. The fourth-order valence-corrected chi connectivity index (χ4v) is 3.49. The van der Waals surface area contributed by atoms with Crippen LogP contribution < -0.4 is 0 Å². The largest absolute Gasteiger partial charge is 0.359 e. The Morgan fingerprint density at radius 2 is 1.95 bits per heavy atom. The van der Waals surface area contributed by atoms with Gasteiger partial charge < -0.3 is 4.74 Å². The quantitative estimate of drug-likeness (QED) is 0.458. The van der Waals surface area contributed by atoms with Gasteiger partial charge in [-0.25, -0.2) is 4.68 Å². The summed E-state index contributed by atoms with van der Waals surface area (Å²) >= 11 is 7.15. The van der Waals surface area contributed by atoms with Gasteiger partial charge in [0.1, 0.15) is 17.0 Å². The number of ether oxygens (including phenoxy) is 1. The first-order chi connectivity index (χ1) is 10.3. The number of halogens is 2. The fraction of sp³-hybridized carbons (Fsp3) is 0.467. The molecule has 0 saturated heterocycles. The second-order valence-electron chi connectivity index (χ2n) is 6.47. The highest BCUT2D eigenvalue weighted by atomic mass is 79.9. The zero-order valence-electron chi connectivity index (χ0n) is 13.4. The number of hydrogen-bond donors (Lipinski definition) is 0. The second kappa shape index (κ2) is 7.38. The zero-order chi connectivity index (χ0) is 16.3. The van der Waals surface area contributed by atoms with Crippen molar-refractivity contribution in [3.63, 3.8) is 0 Å². The summed E-state index contributed by atoms with van der Waals surface area (Å²) in [6, 6.07) is 7.08. The minimum absolute atomic E-state index is 0.440. The highest BCUT2D eigenvalue weighted by Gasteiger charge is 2.17. The summed E-state index contributed by atoms with van der Waals surface area (Å²) in [6.07, 6.45) is 0. The molecule has 7 heteroatoms. The van der Waals surface area contributed by atoms with Crippen LogP contribution in [-0.2, 0) is 11.5 Å². The molecule has 0 aliphatic heterocycles. The Morgan fingerprint density at radius 1 is 1.23 bits per heavy atom. The first-order valence-electron chi connectivity index (χ1n) is 7.21. The smallest absolute Gasteiger partial charge is 0.140 e. The molecule has 0 bridgehead atoms. The van der Waals surface area contributed by atoms with Crippen molar-refractivity contribution in [2.75, 3.05) is 6.61 Å². The molecular formula is C15H21Br2N3OSi. The van der Waals surface area contributed by atoms with Crippen LogP contribution in [0.1, 0.15) is 5.69 Å². The normalized spacial score (nSPS) is 11.9. The monoisotopic (exact) mass is 445 g/mol. The maximum Gasteiger partial charge on any atom is 0.140 e. The number of rotatable bonds is 6. The van der Waals surface area contributed by atoms with Crippen LogP contribution in [0.2, 0.25) is 25.7 Å². The minimum atomic E-state index is -1.06. The lowest BCUT2D eigenvalue weighted by Crippen LogP contribution is -2.22. The van der Waals surface area contributed by atoms with Crippen molar-refractivity contribution in [1.82, 2.24) is 14.8 Å². The number of aromatic nitrogens is 3. The van der Waals surface area contributed by atoms with Gasteiger partial charge >= 0.3 is 0 Å². The Kier molecular flexibility index (Phi) is 5.98. The lowest BCUT2D eigenvalue weighted by Gasteiger charge is -2.15. The molecule has 2 heterocycles. The molecule has 0 unspecified atom stereocenters. The molecule has 0 N–H and O–H groups in total. The lowest BCUT2D eigenvalue weighted by atomic mass is 10.2. The Bertz CT molecular complexity index is 653. The lowest BCUT2D eigenvalue weighted by molar-refractivity contribution is 0.0771. The van der Waals surface area contributed by atoms with Crippen molar-refractivity contribution in [2.45, 2.75) is 39.3 Å². The van der Waals surface area contributed by atoms with E-state index >= 15 is 0 Å². The van der Waals surface area contributed by atoms with Crippen LogP contribution in [0.4, 0.5) is 0 Å². The first-order valence-corrected chi connectivity index (χ1v) is 12.5. The van der Waals surface area contributed by atoms with E-state index in [1.807, 2.05) is 29.8 Å². The third-order valence-electron chi connectivity index (χ3n) is 3.18. The summed E-state index contributed by atoms with van der Waals surface area (Å²) in [7, 11) is -1.06. The first kappa shape index (κ1) is 17.8. The summed E-state index contributed by atoms with van der Waals surface area (Å²) in [5.74, 6) is 0. The summed E-state index contributed by atoms with van der Waals surface area (Å²) < 4.78 is 9.36. The standard InChI is InChI=1S/C15H21Br2N3OSi/c1-11-6-5-7-12(18-11)14-13(16)15(17)20(19-14)10-21-8-9-22(2,3)4/h5-7H,8-10H2,1-4H3. The van der Waals surface area contributed by atoms with E-state index in [0.29, 0.717) is 6.73 Å². The predicted molar refractivity (Wildman–Crippen MR) is 99.7 cm³/mol. The fourth-order valence-electron chi connectivity index (χ4n) is 1.87. The van der Waals surface area contributed by atoms with Gasteiger partial charge in [0.2, 0.25) is 0 Å². The molecule has 120 valence electrons. The van der Waals surface area contributed by atoms with E-state index in [-0.39, 0.29) is 0 Å². The van der Waals surface area contributed by atoms with Crippen LogP contribution in [0.3, 0.4) is 0 Å². The topological polar surface area (TPSA) is 39.9 Å². The van der Waals surface area contributed by atoms with Crippen LogP contribution >= 0.6 is 31.9 Å². The third kappa shape index (κ3) is 4.74. The maximum atomic E-state index is 5.77. The molecule has 0 fully saturated rings. The van der Waals surface area contributed by atoms with E-state index in [1.165, 1.54) is 0 Å². The van der Waals surface area contributed by atoms with E-state index in [0.717, 1.165) is 38.8 Å². The molecule has 2 aromatic heterocycles. The number of nitrogens with zero attached hydrogens (tertiary/aromatic N) is 3. The molecule has 0 aliphatic rings. The van der Waals surface area contributed by atoms with Crippen molar-refractivity contribution >= 4 is 39.9 Å². The van der Waals surface area contributed by atoms with Gasteiger partial charge in [-0.05, 0) is 57.0 Å². The molecule has 0 saturated carbocycles. The van der Waals surface area contributed by atoms with Crippen molar-refractivity contribution in [2.24, 2.45) is 0 Å². The summed E-state index contributed by atoms with van der Waals surface area (Å²) in [5, 5.41) is 4.60. The minimum Gasteiger partial charge on any atom is -0.359 e. The van der Waals surface area contributed by atoms with Crippen molar-refractivity contribution in [3.8, 4) is 11.4 Å². The molecule has 2 aromatic rings. The van der Waals surface area contributed by atoms with Gasteiger partial charge in [-0.3, -0.25) is 4.98 Å².